The van der Waals surface area contributed by atoms with Crippen molar-refractivity contribution in [2.75, 3.05) is 7.11 Å². The topological polar surface area (TPSA) is 77.2 Å². The van der Waals surface area contributed by atoms with E-state index in [9.17, 15) is 4.79 Å². The molecule has 0 spiro atoms. The molecule has 3 aliphatic rings. The molecule has 5 heteroatoms. The minimum atomic E-state index is -0.427. The highest BCUT2D eigenvalue weighted by atomic mass is 16.5. The van der Waals surface area contributed by atoms with Crippen LogP contribution in [0.2, 0.25) is 0 Å². The van der Waals surface area contributed by atoms with Gasteiger partial charge in [0.2, 0.25) is 5.91 Å². The Morgan fingerprint density at radius 2 is 2.29 bits per heavy atom. The number of nitrogens with zero attached hydrogens (tertiary/aromatic N) is 1. The molecule has 0 saturated heterocycles. The maximum atomic E-state index is 12.3. The van der Waals surface area contributed by atoms with Gasteiger partial charge in [-0.1, -0.05) is 0 Å². The Morgan fingerprint density at radius 3 is 2.86 bits per heavy atom. The van der Waals surface area contributed by atoms with Crippen molar-refractivity contribution in [1.29, 1.82) is 0 Å². The first-order chi connectivity index (χ1) is 10.0. The van der Waals surface area contributed by atoms with Crippen molar-refractivity contribution < 1.29 is 9.53 Å². The van der Waals surface area contributed by atoms with Crippen molar-refractivity contribution in [1.82, 2.24) is 10.3 Å². The van der Waals surface area contributed by atoms with Gasteiger partial charge < -0.3 is 15.8 Å². The van der Waals surface area contributed by atoms with Crippen molar-refractivity contribution in [2.45, 2.75) is 44.7 Å². The van der Waals surface area contributed by atoms with Gasteiger partial charge in [0.1, 0.15) is 11.4 Å². The molecule has 0 aliphatic heterocycles. The van der Waals surface area contributed by atoms with Gasteiger partial charge in [0, 0.05) is 6.20 Å². The minimum Gasteiger partial charge on any atom is -0.495 e. The Balaban J connectivity index is 1.58. The van der Waals surface area contributed by atoms with E-state index in [0.29, 0.717) is 11.2 Å². The predicted octanol–water partition coefficient (Wildman–Crippen LogP) is 1.78. The molecule has 3 saturated carbocycles. The van der Waals surface area contributed by atoms with E-state index in [2.05, 4.69) is 10.3 Å². The molecule has 5 nitrogen and oxygen atoms in total. The summed E-state index contributed by atoms with van der Waals surface area (Å²) >= 11 is 0. The van der Waals surface area contributed by atoms with Crippen molar-refractivity contribution in [3.8, 4) is 5.75 Å². The second kappa shape index (κ2) is 5.30. The van der Waals surface area contributed by atoms with E-state index >= 15 is 0 Å². The molecule has 4 rings (SSSR count). The average Bonchev–Trinajstić information content (AvgIpc) is 2.40. The number of methoxy groups -OCH3 is 1. The van der Waals surface area contributed by atoms with Crippen LogP contribution < -0.4 is 15.8 Å². The van der Waals surface area contributed by atoms with Crippen molar-refractivity contribution >= 4 is 5.91 Å². The SMILES string of the molecule is COc1cccnc1C(C)NC(=O)C(N)CC12CC(C1)C2. The van der Waals surface area contributed by atoms with Crippen LogP contribution in [0.5, 0.6) is 5.75 Å². The largest absolute Gasteiger partial charge is 0.495 e. The number of hydrogen-bond acceptors (Lipinski definition) is 4. The normalized spacial score (nSPS) is 28.8. The first kappa shape index (κ1) is 14.3. The summed E-state index contributed by atoms with van der Waals surface area (Å²) in [5.41, 5.74) is 7.18. The fourth-order valence-corrected chi connectivity index (χ4v) is 3.76. The summed E-state index contributed by atoms with van der Waals surface area (Å²) in [4.78, 5) is 16.5. The second-order valence-corrected chi connectivity index (χ2v) is 6.61. The number of amides is 1. The van der Waals surface area contributed by atoms with E-state index in [1.165, 1.54) is 19.3 Å². The summed E-state index contributed by atoms with van der Waals surface area (Å²) in [6, 6.07) is 3.01. The third-order valence-corrected chi connectivity index (χ3v) is 4.94. The van der Waals surface area contributed by atoms with E-state index in [4.69, 9.17) is 10.5 Å². The Bertz CT molecular complexity index is 529. The maximum Gasteiger partial charge on any atom is 0.237 e. The average molecular weight is 289 g/mol. The summed E-state index contributed by atoms with van der Waals surface area (Å²) in [6.07, 6.45) is 6.29. The summed E-state index contributed by atoms with van der Waals surface area (Å²) in [7, 11) is 1.60. The van der Waals surface area contributed by atoms with Gasteiger partial charge in [-0.2, -0.15) is 0 Å². The zero-order chi connectivity index (χ0) is 15.0. The monoisotopic (exact) mass is 289 g/mol. The molecular formula is C16H23N3O2. The summed E-state index contributed by atoms with van der Waals surface area (Å²) in [5, 5.41) is 2.95. The fraction of sp³-hybridized carbons (Fsp3) is 0.625. The number of pyridine rings is 1. The van der Waals surface area contributed by atoms with Crippen LogP contribution in [0.3, 0.4) is 0 Å². The predicted molar refractivity (Wildman–Crippen MR) is 79.7 cm³/mol. The molecule has 0 radical (unpaired) electrons. The molecule has 0 aromatic carbocycles. The van der Waals surface area contributed by atoms with Gasteiger partial charge in [-0.25, -0.2) is 0 Å². The Morgan fingerprint density at radius 1 is 1.57 bits per heavy atom. The van der Waals surface area contributed by atoms with E-state index < -0.39 is 6.04 Å². The highest BCUT2D eigenvalue weighted by Gasteiger charge is 2.56. The summed E-state index contributed by atoms with van der Waals surface area (Å²) in [6.45, 7) is 1.90. The van der Waals surface area contributed by atoms with Gasteiger partial charge >= 0.3 is 0 Å². The lowest BCUT2D eigenvalue weighted by Gasteiger charge is -2.62. The first-order valence-corrected chi connectivity index (χ1v) is 7.58. The van der Waals surface area contributed by atoms with Crippen LogP contribution in [0.1, 0.15) is 44.3 Å². The standard InChI is InChI=1S/C16H23N3O2/c1-10(14-13(21-2)4-3-5-18-14)19-15(20)12(17)9-16-6-11(7-16)8-16/h3-5,10-12H,6-9,17H2,1-2H3,(H,19,20). The zero-order valence-corrected chi connectivity index (χ0v) is 12.6. The van der Waals surface area contributed by atoms with Crippen molar-refractivity contribution in [2.24, 2.45) is 17.1 Å². The van der Waals surface area contributed by atoms with Crippen LogP contribution in [-0.2, 0) is 4.79 Å². The fourth-order valence-electron chi connectivity index (χ4n) is 3.76. The van der Waals surface area contributed by atoms with Crippen LogP contribution in [0.25, 0.3) is 0 Å². The number of nitrogens with two attached hydrogens (primary N) is 1. The number of aromatic nitrogens is 1. The van der Waals surface area contributed by atoms with Gasteiger partial charge in [0.15, 0.2) is 0 Å². The molecule has 1 heterocycles. The molecule has 2 atom stereocenters. The number of hydrogen-bond donors (Lipinski definition) is 2. The van der Waals surface area contributed by atoms with E-state index in [0.717, 1.165) is 18.0 Å². The number of ether oxygens (including phenoxy) is 1. The highest BCUT2D eigenvalue weighted by molar-refractivity contribution is 5.82. The first-order valence-electron chi connectivity index (χ1n) is 7.58. The van der Waals surface area contributed by atoms with E-state index in [1.54, 1.807) is 13.3 Å². The van der Waals surface area contributed by atoms with Crippen molar-refractivity contribution in [3.63, 3.8) is 0 Å². The minimum absolute atomic E-state index is 0.0973. The molecule has 114 valence electrons. The molecule has 3 N–H and O–H groups in total. The number of carbonyl (C=O) groups excluding carboxylic acids is 1. The van der Waals surface area contributed by atoms with Crippen LogP contribution >= 0.6 is 0 Å². The Kier molecular flexibility index (Phi) is 3.61. The lowest BCUT2D eigenvalue weighted by molar-refractivity contribution is -0.135. The lowest BCUT2D eigenvalue weighted by Crippen LogP contribution is -2.56. The van der Waals surface area contributed by atoms with Gasteiger partial charge in [-0.3, -0.25) is 9.78 Å². The van der Waals surface area contributed by atoms with Crippen LogP contribution in [0.15, 0.2) is 18.3 Å². The number of rotatable bonds is 6. The van der Waals surface area contributed by atoms with E-state index in [1.807, 2.05) is 19.1 Å². The Labute approximate surface area is 125 Å². The molecule has 2 unspecified atom stereocenters. The van der Waals surface area contributed by atoms with Crippen LogP contribution in [-0.4, -0.2) is 24.0 Å². The van der Waals surface area contributed by atoms with Gasteiger partial charge in [0.05, 0.1) is 19.2 Å². The van der Waals surface area contributed by atoms with E-state index in [-0.39, 0.29) is 11.9 Å². The molecule has 3 aliphatic carbocycles. The molecule has 21 heavy (non-hydrogen) atoms. The molecule has 1 aromatic rings. The Hall–Kier alpha value is -1.62. The quantitative estimate of drug-likeness (QED) is 0.837. The highest BCUT2D eigenvalue weighted by Crippen LogP contribution is 2.66. The molecule has 1 aromatic heterocycles. The zero-order valence-electron chi connectivity index (χ0n) is 12.6. The maximum absolute atomic E-state index is 12.3. The molecular weight excluding hydrogens is 266 g/mol. The van der Waals surface area contributed by atoms with Gasteiger partial charge in [-0.15, -0.1) is 0 Å². The molecule has 2 bridgehead atoms. The summed E-state index contributed by atoms with van der Waals surface area (Å²) in [5.74, 6) is 1.50. The smallest absolute Gasteiger partial charge is 0.237 e. The van der Waals surface area contributed by atoms with Crippen LogP contribution in [0.4, 0.5) is 0 Å². The third kappa shape index (κ3) is 2.62. The van der Waals surface area contributed by atoms with Gasteiger partial charge in [0.25, 0.3) is 0 Å². The summed E-state index contributed by atoms with van der Waals surface area (Å²) < 4.78 is 5.28. The second-order valence-electron chi connectivity index (χ2n) is 6.61. The van der Waals surface area contributed by atoms with Crippen molar-refractivity contribution in [3.05, 3.63) is 24.0 Å². The molecule has 3 fully saturated rings. The lowest BCUT2D eigenvalue weighted by atomic mass is 9.43. The third-order valence-electron chi connectivity index (χ3n) is 4.94. The van der Waals surface area contributed by atoms with Gasteiger partial charge in [-0.05, 0) is 56.1 Å². The molecule has 1 amide bonds. The van der Waals surface area contributed by atoms with Crippen LogP contribution in [0, 0.1) is 11.3 Å². The number of nitrogens with one attached hydrogen (secondary N) is 1. The number of carbonyl (C=O) groups is 1.